The van der Waals surface area contributed by atoms with Crippen molar-refractivity contribution in [3.63, 3.8) is 0 Å². The van der Waals surface area contributed by atoms with Crippen molar-refractivity contribution in [2.75, 3.05) is 19.7 Å². The topological polar surface area (TPSA) is 71.2 Å². The third-order valence-electron chi connectivity index (χ3n) is 3.44. The fraction of sp³-hybridized carbons (Fsp3) is 0.750. The second-order valence-corrected chi connectivity index (χ2v) is 4.78. The summed E-state index contributed by atoms with van der Waals surface area (Å²) in [7, 11) is 0. The first-order valence-corrected chi connectivity index (χ1v) is 6.52. The van der Waals surface area contributed by atoms with Crippen molar-refractivity contribution in [3.8, 4) is 0 Å². The molecule has 100 valence electrons. The number of piperidine rings is 1. The summed E-state index contributed by atoms with van der Waals surface area (Å²) in [6.07, 6.45) is 6.80. The summed E-state index contributed by atoms with van der Waals surface area (Å²) in [5, 5.41) is 16.5. The van der Waals surface area contributed by atoms with Gasteiger partial charge in [-0.25, -0.2) is 0 Å². The highest BCUT2D eigenvalue weighted by atomic mass is 16.3. The number of rotatable bonds is 5. The highest BCUT2D eigenvalue weighted by Crippen LogP contribution is 2.19. The van der Waals surface area contributed by atoms with E-state index < -0.39 is 0 Å². The maximum atomic E-state index is 12.0. The van der Waals surface area contributed by atoms with E-state index in [9.17, 15) is 4.79 Å². The Hall–Kier alpha value is -1.43. The van der Waals surface area contributed by atoms with Crippen LogP contribution in [0.25, 0.3) is 0 Å². The molecule has 1 amide bonds. The molecule has 0 aromatic carbocycles. The van der Waals surface area contributed by atoms with Crippen LogP contribution in [-0.2, 0) is 11.3 Å². The lowest BCUT2D eigenvalue weighted by Crippen LogP contribution is -2.40. The highest BCUT2D eigenvalue weighted by molar-refractivity contribution is 5.76. The molecule has 2 heterocycles. The molecule has 1 aliphatic rings. The number of aryl methyl sites for hydroxylation is 1. The van der Waals surface area contributed by atoms with E-state index in [1.54, 1.807) is 17.1 Å². The lowest BCUT2D eigenvalue weighted by Gasteiger charge is -2.32. The third-order valence-corrected chi connectivity index (χ3v) is 3.44. The van der Waals surface area contributed by atoms with Gasteiger partial charge in [-0.2, -0.15) is 0 Å². The van der Waals surface area contributed by atoms with Crippen LogP contribution in [-0.4, -0.2) is 50.6 Å². The second-order valence-electron chi connectivity index (χ2n) is 4.78. The van der Waals surface area contributed by atoms with Crippen molar-refractivity contribution < 1.29 is 9.90 Å². The summed E-state index contributed by atoms with van der Waals surface area (Å²) in [5.74, 6) is 0.632. The Bertz CT molecular complexity index is 364. The number of aliphatic hydroxyl groups is 1. The number of hydrogen-bond acceptors (Lipinski definition) is 4. The standard InChI is InChI=1S/C12H20N4O2/c17-9-4-11-2-1-6-15(10-11)12(18)3-7-16-8-5-13-14-16/h5,8,11,17H,1-4,6-7,9-10H2. The molecule has 1 aromatic heterocycles. The van der Waals surface area contributed by atoms with Gasteiger partial charge < -0.3 is 10.0 Å². The molecular weight excluding hydrogens is 232 g/mol. The molecule has 1 saturated heterocycles. The zero-order valence-corrected chi connectivity index (χ0v) is 10.5. The maximum Gasteiger partial charge on any atom is 0.224 e. The molecule has 1 aromatic rings. The zero-order chi connectivity index (χ0) is 12.8. The predicted molar refractivity (Wildman–Crippen MR) is 65.6 cm³/mol. The summed E-state index contributed by atoms with van der Waals surface area (Å²) in [4.78, 5) is 14.0. The quantitative estimate of drug-likeness (QED) is 0.817. The minimum Gasteiger partial charge on any atom is -0.396 e. The van der Waals surface area contributed by atoms with Crippen LogP contribution in [0.2, 0.25) is 0 Å². The molecule has 0 radical (unpaired) electrons. The number of nitrogens with zero attached hydrogens (tertiary/aromatic N) is 4. The van der Waals surface area contributed by atoms with Gasteiger partial charge in [0, 0.05) is 32.3 Å². The molecule has 0 aliphatic carbocycles. The smallest absolute Gasteiger partial charge is 0.224 e. The Morgan fingerprint density at radius 3 is 3.11 bits per heavy atom. The van der Waals surface area contributed by atoms with E-state index in [0.717, 1.165) is 32.4 Å². The molecule has 0 spiro atoms. The largest absolute Gasteiger partial charge is 0.396 e. The predicted octanol–water partition coefficient (Wildman–Crippen LogP) is 0.289. The van der Waals surface area contributed by atoms with Gasteiger partial charge in [-0.15, -0.1) is 5.10 Å². The van der Waals surface area contributed by atoms with Crippen molar-refractivity contribution in [3.05, 3.63) is 12.4 Å². The Morgan fingerprint density at radius 1 is 1.50 bits per heavy atom. The molecule has 1 fully saturated rings. The van der Waals surface area contributed by atoms with Crippen molar-refractivity contribution in [2.45, 2.75) is 32.2 Å². The Kier molecular flexibility index (Phi) is 4.69. The first-order chi connectivity index (χ1) is 8.79. The van der Waals surface area contributed by atoms with E-state index in [1.165, 1.54) is 0 Å². The molecule has 0 bridgehead atoms. The minimum absolute atomic E-state index is 0.174. The van der Waals surface area contributed by atoms with Crippen LogP contribution in [0.3, 0.4) is 0 Å². The van der Waals surface area contributed by atoms with Crippen LogP contribution in [0.5, 0.6) is 0 Å². The molecule has 1 unspecified atom stereocenters. The van der Waals surface area contributed by atoms with Gasteiger partial charge in [0.05, 0.1) is 12.7 Å². The average Bonchev–Trinajstić information content (AvgIpc) is 2.90. The Balaban J connectivity index is 1.77. The Labute approximate surface area is 107 Å². The van der Waals surface area contributed by atoms with Crippen LogP contribution < -0.4 is 0 Å². The highest BCUT2D eigenvalue weighted by Gasteiger charge is 2.22. The first kappa shape index (κ1) is 13.0. The van der Waals surface area contributed by atoms with Crippen LogP contribution in [0.1, 0.15) is 25.7 Å². The van der Waals surface area contributed by atoms with E-state index in [1.807, 2.05) is 4.90 Å². The monoisotopic (exact) mass is 252 g/mol. The third kappa shape index (κ3) is 3.53. The minimum atomic E-state index is 0.174. The lowest BCUT2D eigenvalue weighted by atomic mass is 9.95. The number of carbonyl (C=O) groups excluding carboxylic acids is 1. The summed E-state index contributed by atoms with van der Waals surface area (Å²) in [6, 6.07) is 0. The number of aliphatic hydroxyl groups excluding tert-OH is 1. The van der Waals surface area contributed by atoms with Crippen molar-refractivity contribution in [1.82, 2.24) is 19.9 Å². The number of amides is 1. The fourth-order valence-electron chi connectivity index (χ4n) is 2.43. The number of aromatic nitrogens is 3. The van der Waals surface area contributed by atoms with Crippen molar-refractivity contribution in [2.24, 2.45) is 5.92 Å². The fourth-order valence-corrected chi connectivity index (χ4v) is 2.43. The van der Waals surface area contributed by atoms with E-state index in [2.05, 4.69) is 10.3 Å². The summed E-state index contributed by atoms with van der Waals surface area (Å²) >= 11 is 0. The normalized spacial score (nSPS) is 20.1. The molecule has 1 aliphatic heterocycles. The van der Waals surface area contributed by atoms with Crippen molar-refractivity contribution in [1.29, 1.82) is 0 Å². The Morgan fingerprint density at radius 2 is 2.39 bits per heavy atom. The molecule has 18 heavy (non-hydrogen) atoms. The molecule has 6 heteroatoms. The van der Waals surface area contributed by atoms with Crippen LogP contribution in [0.4, 0.5) is 0 Å². The number of likely N-dealkylation sites (tertiary alicyclic amines) is 1. The van der Waals surface area contributed by atoms with E-state index in [-0.39, 0.29) is 12.5 Å². The van der Waals surface area contributed by atoms with Crippen LogP contribution >= 0.6 is 0 Å². The number of carbonyl (C=O) groups is 1. The van der Waals surface area contributed by atoms with Gasteiger partial charge >= 0.3 is 0 Å². The van der Waals surface area contributed by atoms with E-state index >= 15 is 0 Å². The van der Waals surface area contributed by atoms with E-state index in [4.69, 9.17) is 5.11 Å². The molecule has 1 atom stereocenters. The zero-order valence-electron chi connectivity index (χ0n) is 10.5. The molecular formula is C12H20N4O2. The van der Waals surface area contributed by atoms with Gasteiger partial charge in [0.25, 0.3) is 0 Å². The van der Waals surface area contributed by atoms with Gasteiger partial charge in [-0.1, -0.05) is 5.21 Å². The summed E-state index contributed by atoms with van der Waals surface area (Å²) in [6.45, 7) is 2.43. The molecule has 0 saturated carbocycles. The summed E-state index contributed by atoms with van der Waals surface area (Å²) < 4.78 is 1.67. The SMILES string of the molecule is O=C(CCn1ccnn1)N1CCCC(CCO)C1. The van der Waals surface area contributed by atoms with Gasteiger partial charge in [0.1, 0.15) is 0 Å². The van der Waals surface area contributed by atoms with Gasteiger partial charge in [0.2, 0.25) is 5.91 Å². The van der Waals surface area contributed by atoms with Crippen LogP contribution in [0, 0.1) is 5.92 Å². The van der Waals surface area contributed by atoms with Gasteiger partial charge in [-0.3, -0.25) is 9.48 Å². The first-order valence-electron chi connectivity index (χ1n) is 6.52. The molecule has 2 rings (SSSR count). The molecule has 6 nitrogen and oxygen atoms in total. The lowest BCUT2D eigenvalue weighted by molar-refractivity contribution is -0.133. The maximum absolute atomic E-state index is 12.0. The number of hydrogen-bond donors (Lipinski definition) is 1. The van der Waals surface area contributed by atoms with Gasteiger partial charge in [-0.05, 0) is 25.2 Å². The van der Waals surface area contributed by atoms with E-state index in [0.29, 0.717) is 18.9 Å². The summed E-state index contributed by atoms with van der Waals surface area (Å²) in [5.41, 5.74) is 0. The second kappa shape index (κ2) is 6.49. The van der Waals surface area contributed by atoms with Gasteiger partial charge in [0.15, 0.2) is 0 Å². The van der Waals surface area contributed by atoms with Crippen LogP contribution in [0.15, 0.2) is 12.4 Å². The molecule has 1 N–H and O–H groups in total. The van der Waals surface area contributed by atoms with Crippen molar-refractivity contribution >= 4 is 5.91 Å². The average molecular weight is 252 g/mol.